The molecule has 19 heavy (non-hydrogen) atoms. The SMILES string of the molecule is Nc1ccnc(N2CC3[C@@H](C2)OCc2cnnn23)n1. The molecule has 2 aliphatic heterocycles. The van der Waals surface area contributed by atoms with Crippen LogP contribution in [0.25, 0.3) is 0 Å². The zero-order valence-electron chi connectivity index (χ0n) is 10.2. The summed E-state index contributed by atoms with van der Waals surface area (Å²) in [6.07, 6.45) is 3.51. The van der Waals surface area contributed by atoms with Crippen molar-refractivity contribution in [2.45, 2.75) is 18.8 Å². The van der Waals surface area contributed by atoms with E-state index in [0.29, 0.717) is 18.4 Å². The molecule has 2 atom stereocenters. The summed E-state index contributed by atoms with van der Waals surface area (Å²) in [5, 5.41) is 8.08. The Morgan fingerprint density at radius 2 is 2.32 bits per heavy atom. The first-order valence-corrected chi connectivity index (χ1v) is 6.15. The number of fused-ring (bicyclic) bond motifs is 3. The van der Waals surface area contributed by atoms with E-state index in [1.165, 1.54) is 0 Å². The van der Waals surface area contributed by atoms with Crippen LogP contribution in [0.3, 0.4) is 0 Å². The first-order valence-electron chi connectivity index (χ1n) is 6.15. The highest BCUT2D eigenvalue weighted by Gasteiger charge is 2.40. The monoisotopic (exact) mass is 259 g/mol. The van der Waals surface area contributed by atoms with Crippen molar-refractivity contribution in [3.05, 3.63) is 24.2 Å². The van der Waals surface area contributed by atoms with E-state index in [1.807, 2.05) is 4.68 Å². The fourth-order valence-electron chi connectivity index (χ4n) is 2.67. The zero-order valence-corrected chi connectivity index (χ0v) is 10.2. The smallest absolute Gasteiger partial charge is 0.227 e. The van der Waals surface area contributed by atoms with Crippen molar-refractivity contribution in [2.24, 2.45) is 0 Å². The number of nitrogens with two attached hydrogens (primary N) is 1. The van der Waals surface area contributed by atoms with Crippen LogP contribution in [0, 0.1) is 0 Å². The fraction of sp³-hybridized carbons (Fsp3) is 0.455. The predicted molar refractivity (Wildman–Crippen MR) is 66.3 cm³/mol. The molecule has 4 heterocycles. The van der Waals surface area contributed by atoms with E-state index >= 15 is 0 Å². The zero-order chi connectivity index (χ0) is 12.8. The summed E-state index contributed by atoms with van der Waals surface area (Å²) in [5.41, 5.74) is 6.71. The van der Waals surface area contributed by atoms with Crippen molar-refractivity contribution >= 4 is 11.8 Å². The number of anilines is 2. The number of rotatable bonds is 1. The Balaban J connectivity index is 1.64. The maximum absolute atomic E-state index is 5.84. The van der Waals surface area contributed by atoms with Crippen LogP contribution in [0.5, 0.6) is 0 Å². The predicted octanol–water partition coefficient (Wildman–Crippen LogP) is -0.390. The molecule has 8 heteroatoms. The second-order valence-electron chi connectivity index (χ2n) is 4.77. The van der Waals surface area contributed by atoms with Gasteiger partial charge in [-0.15, -0.1) is 5.10 Å². The molecule has 4 rings (SSSR count). The van der Waals surface area contributed by atoms with Gasteiger partial charge >= 0.3 is 0 Å². The van der Waals surface area contributed by atoms with Crippen molar-refractivity contribution in [3.63, 3.8) is 0 Å². The van der Waals surface area contributed by atoms with Gasteiger partial charge in [-0.3, -0.25) is 0 Å². The average molecular weight is 259 g/mol. The lowest BCUT2D eigenvalue weighted by Crippen LogP contribution is -2.32. The van der Waals surface area contributed by atoms with Gasteiger partial charge in [0.1, 0.15) is 5.82 Å². The lowest BCUT2D eigenvalue weighted by Gasteiger charge is -2.25. The quantitative estimate of drug-likeness (QED) is 0.745. The first kappa shape index (κ1) is 10.7. The largest absolute Gasteiger partial charge is 0.384 e. The van der Waals surface area contributed by atoms with Crippen molar-refractivity contribution in [1.29, 1.82) is 0 Å². The van der Waals surface area contributed by atoms with E-state index < -0.39 is 0 Å². The molecule has 0 aromatic carbocycles. The van der Waals surface area contributed by atoms with Crippen LogP contribution in [0.2, 0.25) is 0 Å². The number of hydrogen-bond acceptors (Lipinski definition) is 7. The van der Waals surface area contributed by atoms with E-state index in [-0.39, 0.29) is 12.1 Å². The molecule has 2 N–H and O–H groups in total. The highest BCUT2D eigenvalue weighted by atomic mass is 16.5. The summed E-state index contributed by atoms with van der Waals surface area (Å²) in [5.74, 6) is 1.11. The Morgan fingerprint density at radius 3 is 3.21 bits per heavy atom. The molecule has 2 aliphatic rings. The molecule has 0 radical (unpaired) electrons. The van der Waals surface area contributed by atoms with Gasteiger partial charge in [-0.25, -0.2) is 9.67 Å². The molecule has 1 saturated heterocycles. The number of aromatic nitrogens is 5. The van der Waals surface area contributed by atoms with Gasteiger partial charge in [-0.05, 0) is 6.07 Å². The van der Waals surface area contributed by atoms with Gasteiger partial charge in [0.25, 0.3) is 0 Å². The molecule has 0 spiro atoms. The molecule has 1 fully saturated rings. The summed E-state index contributed by atoms with van der Waals surface area (Å²) >= 11 is 0. The lowest BCUT2D eigenvalue weighted by molar-refractivity contribution is -0.00255. The molecule has 8 nitrogen and oxygen atoms in total. The Kier molecular flexibility index (Phi) is 2.18. The van der Waals surface area contributed by atoms with Gasteiger partial charge < -0.3 is 15.4 Å². The minimum absolute atomic E-state index is 0.0965. The van der Waals surface area contributed by atoms with Gasteiger partial charge in [0.2, 0.25) is 5.95 Å². The summed E-state index contributed by atoms with van der Waals surface area (Å²) in [6, 6.07) is 1.84. The van der Waals surface area contributed by atoms with Crippen LogP contribution in [0.4, 0.5) is 11.8 Å². The van der Waals surface area contributed by atoms with Crippen LogP contribution in [-0.4, -0.2) is 44.2 Å². The van der Waals surface area contributed by atoms with Crippen molar-refractivity contribution < 1.29 is 4.74 Å². The van der Waals surface area contributed by atoms with Crippen molar-refractivity contribution in [2.75, 3.05) is 23.7 Å². The maximum atomic E-state index is 5.84. The van der Waals surface area contributed by atoms with E-state index in [1.54, 1.807) is 18.5 Å². The molecule has 0 bridgehead atoms. The topological polar surface area (TPSA) is 95.0 Å². The van der Waals surface area contributed by atoms with Crippen LogP contribution < -0.4 is 10.6 Å². The van der Waals surface area contributed by atoms with Gasteiger partial charge in [-0.1, -0.05) is 5.21 Å². The van der Waals surface area contributed by atoms with Crippen molar-refractivity contribution in [1.82, 2.24) is 25.0 Å². The average Bonchev–Trinajstić information content (AvgIpc) is 3.04. The van der Waals surface area contributed by atoms with Gasteiger partial charge in [-0.2, -0.15) is 4.98 Å². The fourth-order valence-corrected chi connectivity index (χ4v) is 2.67. The van der Waals surface area contributed by atoms with Crippen LogP contribution in [0.1, 0.15) is 11.7 Å². The minimum atomic E-state index is 0.0965. The standard InChI is InChI=1S/C11H13N7O/c12-10-1-2-13-11(15-10)17-4-8-9(5-17)19-6-7-3-14-16-18(7)8/h1-3,8-9H,4-6H2,(H2,12,13,15)/t8?,9-/m1/s1. The lowest BCUT2D eigenvalue weighted by atomic mass is 10.2. The second kappa shape index (κ2) is 3.89. The Hall–Kier alpha value is -2.22. The van der Waals surface area contributed by atoms with Gasteiger partial charge in [0.05, 0.1) is 30.6 Å². The Labute approximate surface area is 109 Å². The van der Waals surface area contributed by atoms with E-state index in [0.717, 1.165) is 18.8 Å². The third kappa shape index (κ3) is 1.64. The molecular weight excluding hydrogens is 246 g/mol. The van der Waals surface area contributed by atoms with E-state index in [4.69, 9.17) is 10.5 Å². The summed E-state index contributed by atoms with van der Waals surface area (Å²) < 4.78 is 7.78. The van der Waals surface area contributed by atoms with Crippen molar-refractivity contribution in [3.8, 4) is 0 Å². The molecule has 2 aromatic heterocycles. The normalized spacial score (nSPS) is 25.2. The molecule has 2 aromatic rings. The summed E-state index contributed by atoms with van der Waals surface area (Å²) in [6.45, 7) is 2.05. The third-order valence-electron chi connectivity index (χ3n) is 3.59. The molecule has 0 saturated carbocycles. The second-order valence-corrected chi connectivity index (χ2v) is 4.77. The van der Waals surface area contributed by atoms with Crippen LogP contribution in [0.15, 0.2) is 18.5 Å². The molecule has 0 amide bonds. The first-order chi connectivity index (χ1) is 9.31. The molecular formula is C11H13N7O. The highest BCUT2D eigenvalue weighted by Crippen LogP contribution is 2.31. The maximum Gasteiger partial charge on any atom is 0.227 e. The number of hydrogen-bond donors (Lipinski definition) is 1. The summed E-state index contributed by atoms with van der Waals surface area (Å²) in [4.78, 5) is 10.6. The van der Waals surface area contributed by atoms with E-state index in [2.05, 4.69) is 25.2 Å². The molecule has 98 valence electrons. The third-order valence-corrected chi connectivity index (χ3v) is 3.59. The number of nitrogens with zero attached hydrogens (tertiary/aromatic N) is 6. The Bertz CT molecular complexity index is 613. The van der Waals surface area contributed by atoms with Crippen LogP contribution in [-0.2, 0) is 11.3 Å². The minimum Gasteiger partial charge on any atom is -0.384 e. The van der Waals surface area contributed by atoms with E-state index in [9.17, 15) is 0 Å². The summed E-state index contributed by atoms with van der Waals surface area (Å²) in [7, 11) is 0. The number of ether oxygens (including phenoxy) is 1. The molecule has 1 unspecified atom stereocenters. The Morgan fingerprint density at radius 1 is 1.37 bits per heavy atom. The van der Waals surface area contributed by atoms with Gasteiger partial charge in [0, 0.05) is 19.3 Å². The number of nitrogen functional groups attached to an aromatic ring is 1. The van der Waals surface area contributed by atoms with Crippen LogP contribution >= 0.6 is 0 Å². The molecule has 0 aliphatic carbocycles. The highest BCUT2D eigenvalue weighted by molar-refractivity contribution is 5.39. The van der Waals surface area contributed by atoms with Gasteiger partial charge in [0.15, 0.2) is 0 Å².